The molecule has 0 fully saturated rings. The zero-order valence-corrected chi connectivity index (χ0v) is 10.6. The number of nitrogens with zero attached hydrogens (tertiary/aromatic N) is 2. The second-order valence-electron chi connectivity index (χ2n) is 4.06. The monoisotopic (exact) mass is 293 g/mol. The summed E-state index contributed by atoms with van der Waals surface area (Å²) in [6, 6.07) is 7.63. The number of hydrazone groups is 1. The van der Waals surface area contributed by atoms with E-state index in [1.807, 2.05) is 0 Å². The van der Waals surface area contributed by atoms with Gasteiger partial charge in [-0.3, -0.25) is 9.78 Å². The van der Waals surface area contributed by atoms with E-state index >= 15 is 0 Å². The summed E-state index contributed by atoms with van der Waals surface area (Å²) in [6.07, 6.45) is -0.366. The molecule has 1 N–H and O–H groups in total. The summed E-state index contributed by atoms with van der Waals surface area (Å²) in [7, 11) is 0. The van der Waals surface area contributed by atoms with Crippen molar-refractivity contribution in [2.24, 2.45) is 5.10 Å². The van der Waals surface area contributed by atoms with E-state index in [1.165, 1.54) is 36.7 Å². The maximum absolute atomic E-state index is 12.5. The van der Waals surface area contributed by atoms with Gasteiger partial charge in [-0.25, -0.2) is 5.43 Å². The van der Waals surface area contributed by atoms with Crippen LogP contribution < -0.4 is 5.43 Å². The predicted octanol–water partition coefficient (Wildman–Crippen LogP) is 2.86. The Hall–Kier alpha value is -2.70. The molecule has 0 atom stereocenters. The van der Waals surface area contributed by atoms with Crippen LogP contribution in [-0.4, -0.2) is 17.1 Å². The largest absolute Gasteiger partial charge is 0.416 e. The average molecular weight is 293 g/mol. The Balaban J connectivity index is 2.04. The van der Waals surface area contributed by atoms with Crippen LogP contribution in [0, 0.1) is 0 Å². The molecule has 0 saturated heterocycles. The molecule has 0 aliphatic carbocycles. The second kappa shape index (κ2) is 6.17. The van der Waals surface area contributed by atoms with Crippen molar-refractivity contribution in [2.45, 2.75) is 6.18 Å². The molecule has 1 heterocycles. The minimum atomic E-state index is -4.41. The lowest BCUT2D eigenvalue weighted by atomic mass is 10.1. The highest BCUT2D eigenvalue weighted by atomic mass is 19.4. The molecule has 0 spiro atoms. The maximum atomic E-state index is 12.5. The van der Waals surface area contributed by atoms with Gasteiger partial charge in [0.2, 0.25) is 0 Å². The lowest BCUT2D eigenvalue weighted by Crippen LogP contribution is -2.17. The third kappa shape index (κ3) is 4.13. The zero-order chi connectivity index (χ0) is 15.3. The minimum Gasteiger partial charge on any atom is -0.267 e. The van der Waals surface area contributed by atoms with Crippen molar-refractivity contribution in [2.75, 3.05) is 0 Å². The molecule has 2 aromatic rings. The average Bonchev–Trinajstić information content (AvgIpc) is 2.47. The van der Waals surface area contributed by atoms with Gasteiger partial charge in [0.25, 0.3) is 5.91 Å². The number of nitrogens with one attached hydrogen (secondary N) is 1. The van der Waals surface area contributed by atoms with Gasteiger partial charge in [-0.1, -0.05) is 12.1 Å². The fourth-order valence-electron chi connectivity index (χ4n) is 1.53. The molecule has 2 rings (SSSR count). The number of benzene rings is 1. The van der Waals surface area contributed by atoms with E-state index in [4.69, 9.17) is 0 Å². The number of carbonyl (C=O) groups is 1. The number of amides is 1. The predicted molar refractivity (Wildman–Crippen MR) is 70.7 cm³/mol. The third-order valence-corrected chi connectivity index (χ3v) is 2.54. The highest BCUT2D eigenvalue weighted by Crippen LogP contribution is 2.29. The van der Waals surface area contributed by atoms with Gasteiger partial charge in [-0.15, -0.1) is 0 Å². The molecule has 7 heteroatoms. The van der Waals surface area contributed by atoms with Crippen molar-refractivity contribution in [1.82, 2.24) is 10.4 Å². The normalized spacial score (nSPS) is 11.6. The molecule has 0 aliphatic rings. The van der Waals surface area contributed by atoms with Gasteiger partial charge < -0.3 is 0 Å². The van der Waals surface area contributed by atoms with Crippen LogP contribution in [0.3, 0.4) is 0 Å². The van der Waals surface area contributed by atoms with E-state index in [0.717, 1.165) is 18.3 Å². The molecular formula is C14H10F3N3O. The van der Waals surface area contributed by atoms with Gasteiger partial charge in [-0.05, 0) is 29.8 Å². The van der Waals surface area contributed by atoms with Crippen LogP contribution in [0.2, 0.25) is 0 Å². The lowest BCUT2D eigenvalue weighted by Gasteiger charge is -2.06. The van der Waals surface area contributed by atoms with Crippen molar-refractivity contribution in [1.29, 1.82) is 0 Å². The number of hydrogen-bond donors (Lipinski definition) is 1. The molecule has 0 aliphatic heterocycles. The standard InChI is InChI=1S/C14H10F3N3O/c15-14(16,17)12-3-1-2-10(8-12)9-19-20-13(21)11-4-6-18-7-5-11/h1-9H,(H,20,21). The zero-order valence-electron chi connectivity index (χ0n) is 10.6. The van der Waals surface area contributed by atoms with Crippen molar-refractivity contribution in [3.8, 4) is 0 Å². The summed E-state index contributed by atoms with van der Waals surface area (Å²) in [5.74, 6) is -0.472. The molecule has 1 aromatic carbocycles. The molecule has 21 heavy (non-hydrogen) atoms. The van der Waals surface area contributed by atoms with Crippen LogP contribution in [-0.2, 0) is 6.18 Å². The number of hydrogen-bond acceptors (Lipinski definition) is 3. The van der Waals surface area contributed by atoms with Crippen LogP contribution in [0.15, 0.2) is 53.9 Å². The second-order valence-corrected chi connectivity index (χ2v) is 4.06. The fourth-order valence-corrected chi connectivity index (χ4v) is 1.53. The summed E-state index contributed by atoms with van der Waals surface area (Å²) in [6.45, 7) is 0. The van der Waals surface area contributed by atoms with Crippen LogP contribution in [0.25, 0.3) is 0 Å². The number of carbonyl (C=O) groups excluding carboxylic acids is 1. The van der Waals surface area contributed by atoms with Crippen molar-refractivity contribution in [3.63, 3.8) is 0 Å². The first-order valence-corrected chi connectivity index (χ1v) is 5.87. The first-order chi connectivity index (χ1) is 9.97. The van der Waals surface area contributed by atoms with E-state index in [1.54, 1.807) is 0 Å². The molecule has 0 bridgehead atoms. The molecule has 0 radical (unpaired) electrons. The number of alkyl halides is 3. The van der Waals surface area contributed by atoms with Crippen molar-refractivity contribution < 1.29 is 18.0 Å². The summed E-state index contributed by atoms with van der Waals surface area (Å²) in [4.78, 5) is 15.4. The van der Waals surface area contributed by atoms with Crippen molar-refractivity contribution in [3.05, 3.63) is 65.5 Å². The number of pyridine rings is 1. The van der Waals surface area contributed by atoms with E-state index in [2.05, 4.69) is 15.5 Å². The third-order valence-electron chi connectivity index (χ3n) is 2.54. The maximum Gasteiger partial charge on any atom is 0.416 e. The summed E-state index contributed by atoms with van der Waals surface area (Å²) in [5, 5.41) is 3.63. The van der Waals surface area contributed by atoms with E-state index in [9.17, 15) is 18.0 Å². The Bertz CT molecular complexity index is 654. The van der Waals surface area contributed by atoms with E-state index < -0.39 is 17.6 Å². The Kier molecular flexibility index (Phi) is 4.32. The highest BCUT2D eigenvalue weighted by Gasteiger charge is 2.30. The smallest absolute Gasteiger partial charge is 0.267 e. The molecular weight excluding hydrogens is 283 g/mol. The molecule has 1 amide bonds. The number of rotatable bonds is 3. The summed E-state index contributed by atoms with van der Waals surface area (Å²) in [5.41, 5.74) is 2.04. The number of halogens is 3. The van der Waals surface area contributed by atoms with Crippen LogP contribution in [0.1, 0.15) is 21.5 Å². The molecule has 0 unspecified atom stereocenters. The first kappa shape index (κ1) is 14.7. The Morgan fingerprint density at radius 2 is 1.90 bits per heavy atom. The first-order valence-electron chi connectivity index (χ1n) is 5.87. The van der Waals surface area contributed by atoms with Crippen LogP contribution in [0.4, 0.5) is 13.2 Å². The van der Waals surface area contributed by atoms with Gasteiger partial charge in [0.15, 0.2) is 0 Å². The minimum absolute atomic E-state index is 0.236. The molecule has 1 aromatic heterocycles. The topological polar surface area (TPSA) is 54.4 Å². The summed E-state index contributed by atoms with van der Waals surface area (Å²) >= 11 is 0. The molecule has 4 nitrogen and oxygen atoms in total. The SMILES string of the molecule is O=C(NN=Cc1cccc(C(F)(F)F)c1)c1ccncc1. The quantitative estimate of drug-likeness (QED) is 0.699. The lowest BCUT2D eigenvalue weighted by molar-refractivity contribution is -0.137. The van der Waals surface area contributed by atoms with E-state index in [-0.39, 0.29) is 5.56 Å². The van der Waals surface area contributed by atoms with Crippen LogP contribution in [0.5, 0.6) is 0 Å². The van der Waals surface area contributed by atoms with Gasteiger partial charge in [-0.2, -0.15) is 18.3 Å². The van der Waals surface area contributed by atoms with Gasteiger partial charge in [0.1, 0.15) is 0 Å². The Morgan fingerprint density at radius 3 is 2.57 bits per heavy atom. The molecule has 0 saturated carbocycles. The Morgan fingerprint density at radius 1 is 1.19 bits per heavy atom. The van der Waals surface area contributed by atoms with Gasteiger partial charge >= 0.3 is 6.18 Å². The Labute approximate surface area is 118 Å². The van der Waals surface area contributed by atoms with E-state index in [0.29, 0.717) is 5.56 Å². The van der Waals surface area contributed by atoms with Gasteiger partial charge in [0, 0.05) is 18.0 Å². The highest BCUT2D eigenvalue weighted by molar-refractivity contribution is 5.94. The van der Waals surface area contributed by atoms with Crippen molar-refractivity contribution >= 4 is 12.1 Å². The fraction of sp³-hybridized carbons (Fsp3) is 0.0714. The summed E-state index contributed by atoms with van der Waals surface area (Å²) < 4.78 is 37.6. The van der Waals surface area contributed by atoms with Crippen LogP contribution >= 0.6 is 0 Å². The number of aromatic nitrogens is 1. The van der Waals surface area contributed by atoms with Gasteiger partial charge in [0.05, 0.1) is 11.8 Å². The molecule has 108 valence electrons.